The number of aromatic nitrogens is 1. The van der Waals surface area contributed by atoms with Crippen LogP contribution in [0.5, 0.6) is 5.75 Å². The molecular weight excluding hydrogens is 282 g/mol. The average Bonchev–Trinajstić information content (AvgIpc) is 3.22. The summed E-state index contributed by atoms with van der Waals surface area (Å²) in [5.74, 6) is 1.56. The van der Waals surface area contributed by atoms with Crippen LogP contribution in [0, 0.1) is 11.3 Å². The van der Waals surface area contributed by atoms with Gasteiger partial charge in [-0.3, -0.25) is 0 Å². The van der Waals surface area contributed by atoms with E-state index in [0.717, 1.165) is 30.8 Å². The zero-order valence-electron chi connectivity index (χ0n) is 12.3. The molecule has 0 aliphatic carbocycles. The number of hydrogen-bond donors (Lipinski definition) is 1. The Kier molecular flexibility index (Phi) is 4.26. The fourth-order valence-corrected chi connectivity index (χ4v) is 2.38. The molecule has 114 valence electrons. The molecule has 6 heteroatoms. The van der Waals surface area contributed by atoms with E-state index in [4.69, 9.17) is 13.9 Å². The Labute approximate surface area is 128 Å². The first-order valence-corrected chi connectivity index (χ1v) is 7.21. The van der Waals surface area contributed by atoms with Crippen LogP contribution in [0.25, 0.3) is 11.5 Å². The van der Waals surface area contributed by atoms with Crippen molar-refractivity contribution in [2.24, 2.45) is 0 Å². The summed E-state index contributed by atoms with van der Waals surface area (Å²) in [5.41, 5.74) is 1.05. The van der Waals surface area contributed by atoms with Gasteiger partial charge in [-0.2, -0.15) is 10.2 Å². The van der Waals surface area contributed by atoms with E-state index in [1.165, 1.54) is 0 Å². The standard InChI is InChI=1S/C16H17N3O3/c1-20-12-6-4-11(5-7-12)15-19-14(9-17)16(22-15)18-10-13-3-2-8-21-13/h4-7,13,18H,2-3,8,10H2,1H3/t13-/m1/s1. The van der Waals surface area contributed by atoms with Crippen LogP contribution < -0.4 is 10.1 Å². The Hall–Kier alpha value is -2.52. The van der Waals surface area contributed by atoms with E-state index in [1.807, 2.05) is 24.3 Å². The lowest BCUT2D eigenvalue weighted by Crippen LogP contribution is -2.18. The zero-order chi connectivity index (χ0) is 15.4. The van der Waals surface area contributed by atoms with Crippen molar-refractivity contribution >= 4 is 5.88 Å². The van der Waals surface area contributed by atoms with Gasteiger partial charge in [0, 0.05) is 18.7 Å². The van der Waals surface area contributed by atoms with Crippen LogP contribution in [0.1, 0.15) is 18.5 Å². The molecule has 1 N–H and O–H groups in total. The molecule has 6 nitrogen and oxygen atoms in total. The summed E-state index contributed by atoms with van der Waals surface area (Å²) >= 11 is 0. The molecule has 1 aliphatic rings. The van der Waals surface area contributed by atoms with Crippen LogP contribution >= 0.6 is 0 Å². The molecule has 0 radical (unpaired) electrons. The highest BCUT2D eigenvalue weighted by Crippen LogP contribution is 2.27. The Morgan fingerprint density at radius 3 is 2.86 bits per heavy atom. The Balaban J connectivity index is 1.76. The summed E-state index contributed by atoms with van der Waals surface area (Å²) in [6, 6.07) is 9.39. The predicted octanol–water partition coefficient (Wildman–Crippen LogP) is 2.81. The lowest BCUT2D eigenvalue weighted by molar-refractivity contribution is 0.120. The molecule has 1 aliphatic heterocycles. The van der Waals surface area contributed by atoms with Crippen molar-refractivity contribution in [1.29, 1.82) is 5.26 Å². The number of benzene rings is 1. The lowest BCUT2D eigenvalue weighted by Gasteiger charge is -2.09. The maximum Gasteiger partial charge on any atom is 0.232 e. The molecule has 1 fully saturated rings. The molecule has 1 atom stereocenters. The van der Waals surface area contributed by atoms with Crippen molar-refractivity contribution in [3.8, 4) is 23.3 Å². The van der Waals surface area contributed by atoms with Gasteiger partial charge < -0.3 is 19.2 Å². The lowest BCUT2D eigenvalue weighted by atomic mass is 10.2. The van der Waals surface area contributed by atoms with Gasteiger partial charge in [-0.15, -0.1) is 0 Å². The van der Waals surface area contributed by atoms with Crippen molar-refractivity contribution in [2.75, 3.05) is 25.6 Å². The van der Waals surface area contributed by atoms with E-state index in [9.17, 15) is 5.26 Å². The third-order valence-corrected chi connectivity index (χ3v) is 3.58. The molecule has 2 heterocycles. The van der Waals surface area contributed by atoms with E-state index < -0.39 is 0 Å². The summed E-state index contributed by atoms with van der Waals surface area (Å²) in [5, 5.41) is 12.3. The van der Waals surface area contributed by atoms with Crippen molar-refractivity contribution < 1.29 is 13.9 Å². The molecule has 0 saturated carbocycles. The SMILES string of the molecule is COc1ccc(-c2nc(C#N)c(NC[C@H]3CCCO3)o2)cc1. The number of hydrogen-bond acceptors (Lipinski definition) is 6. The van der Waals surface area contributed by atoms with Gasteiger partial charge in [-0.25, -0.2) is 0 Å². The third-order valence-electron chi connectivity index (χ3n) is 3.58. The first-order chi connectivity index (χ1) is 10.8. The number of nitrogens with zero attached hydrogens (tertiary/aromatic N) is 2. The number of methoxy groups -OCH3 is 1. The molecule has 0 spiro atoms. The second-order valence-corrected chi connectivity index (χ2v) is 5.05. The highest BCUT2D eigenvalue weighted by atomic mass is 16.5. The van der Waals surface area contributed by atoms with E-state index in [0.29, 0.717) is 18.3 Å². The molecule has 0 unspecified atom stereocenters. The van der Waals surface area contributed by atoms with Crippen LogP contribution in [0.15, 0.2) is 28.7 Å². The van der Waals surface area contributed by atoms with Gasteiger partial charge in [0.05, 0.1) is 13.2 Å². The van der Waals surface area contributed by atoms with Crippen LogP contribution in [-0.4, -0.2) is 31.3 Å². The molecule has 1 aromatic carbocycles. The summed E-state index contributed by atoms with van der Waals surface area (Å²) < 4.78 is 16.3. The predicted molar refractivity (Wildman–Crippen MR) is 80.7 cm³/mol. The largest absolute Gasteiger partial charge is 0.497 e. The molecular formula is C16H17N3O3. The maximum atomic E-state index is 9.19. The van der Waals surface area contributed by atoms with Crippen molar-refractivity contribution in [1.82, 2.24) is 4.98 Å². The van der Waals surface area contributed by atoms with E-state index in [2.05, 4.69) is 16.4 Å². The van der Waals surface area contributed by atoms with Gasteiger partial charge in [-0.1, -0.05) is 0 Å². The molecule has 0 bridgehead atoms. The van der Waals surface area contributed by atoms with Gasteiger partial charge in [0.1, 0.15) is 11.8 Å². The summed E-state index contributed by atoms with van der Waals surface area (Å²) in [4.78, 5) is 4.23. The minimum absolute atomic E-state index is 0.168. The summed E-state index contributed by atoms with van der Waals surface area (Å²) in [6.07, 6.45) is 2.26. The summed E-state index contributed by atoms with van der Waals surface area (Å²) in [6.45, 7) is 1.41. The first kappa shape index (κ1) is 14.4. The molecule has 3 rings (SSSR count). The average molecular weight is 299 g/mol. The second kappa shape index (κ2) is 6.50. The zero-order valence-corrected chi connectivity index (χ0v) is 12.3. The fraction of sp³-hybridized carbons (Fsp3) is 0.375. The number of nitrogens with one attached hydrogen (secondary N) is 1. The highest BCUT2D eigenvalue weighted by molar-refractivity contribution is 5.59. The number of oxazole rings is 1. The number of ether oxygens (including phenoxy) is 2. The number of nitriles is 1. The van der Waals surface area contributed by atoms with Crippen LogP contribution in [0.3, 0.4) is 0 Å². The third kappa shape index (κ3) is 3.05. The minimum atomic E-state index is 0.168. The first-order valence-electron chi connectivity index (χ1n) is 7.21. The quantitative estimate of drug-likeness (QED) is 0.914. The minimum Gasteiger partial charge on any atom is -0.497 e. The molecule has 2 aromatic rings. The Morgan fingerprint density at radius 2 is 2.23 bits per heavy atom. The van der Waals surface area contributed by atoms with Gasteiger partial charge in [-0.05, 0) is 37.1 Å². The number of rotatable bonds is 5. The molecule has 22 heavy (non-hydrogen) atoms. The molecule has 1 aromatic heterocycles. The Morgan fingerprint density at radius 1 is 1.41 bits per heavy atom. The van der Waals surface area contributed by atoms with Crippen molar-refractivity contribution in [3.05, 3.63) is 30.0 Å². The van der Waals surface area contributed by atoms with E-state index in [1.54, 1.807) is 7.11 Å². The molecule has 1 saturated heterocycles. The van der Waals surface area contributed by atoms with Crippen LogP contribution in [-0.2, 0) is 4.74 Å². The van der Waals surface area contributed by atoms with Crippen LogP contribution in [0.2, 0.25) is 0 Å². The van der Waals surface area contributed by atoms with Gasteiger partial charge in [0.25, 0.3) is 0 Å². The van der Waals surface area contributed by atoms with Gasteiger partial charge in [0.2, 0.25) is 17.5 Å². The smallest absolute Gasteiger partial charge is 0.232 e. The fourth-order valence-electron chi connectivity index (χ4n) is 2.38. The van der Waals surface area contributed by atoms with Crippen molar-refractivity contribution in [3.63, 3.8) is 0 Å². The van der Waals surface area contributed by atoms with Gasteiger partial charge in [0.15, 0.2) is 0 Å². The highest BCUT2D eigenvalue weighted by Gasteiger charge is 2.19. The molecule has 0 amide bonds. The maximum absolute atomic E-state index is 9.19. The van der Waals surface area contributed by atoms with Gasteiger partial charge >= 0.3 is 0 Å². The van der Waals surface area contributed by atoms with E-state index in [-0.39, 0.29) is 11.8 Å². The van der Waals surface area contributed by atoms with E-state index >= 15 is 0 Å². The topological polar surface area (TPSA) is 80.3 Å². The monoisotopic (exact) mass is 299 g/mol. The Bertz CT molecular complexity index is 667. The van der Waals surface area contributed by atoms with Crippen LogP contribution in [0.4, 0.5) is 5.88 Å². The van der Waals surface area contributed by atoms with Crippen molar-refractivity contribution in [2.45, 2.75) is 18.9 Å². The normalized spacial score (nSPS) is 17.2. The second-order valence-electron chi connectivity index (χ2n) is 5.05. The summed E-state index contributed by atoms with van der Waals surface area (Å²) in [7, 11) is 1.61. The number of anilines is 1.